The number of carbonyl (C=O) groups excluding carboxylic acids is 1. The summed E-state index contributed by atoms with van der Waals surface area (Å²) in [5.41, 5.74) is 0.149. The van der Waals surface area contributed by atoms with Crippen LogP contribution in [0.1, 0.15) is 25.3 Å². The van der Waals surface area contributed by atoms with Crippen molar-refractivity contribution in [3.63, 3.8) is 0 Å². The van der Waals surface area contributed by atoms with E-state index in [4.69, 9.17) is 4.74 Å². The van der Waals surface area contributed by atoms with Crippen LogP contribution in [0.2, 0.25) is 0 Å². The van der Waals surface area contributed by atoms with Crippen LogP contribution in [-0.2, 0) is 14.3 Å². The molecular weight excluding hydrogens is 270 g/mol. The number of hydrogen-bond acceptors (Lipinski definition) is 4. The van der Waals surface area contributed by atoms with Crippen molar-refractivity contribution in [3.05, 3.63) is 29.3 Å². The van der Waals surface area contributed by atoms with Gasteiger partial charge in [-0.15, -0.1) is 0 Å². The van der Waals surface area contributed by atoms with E-state index in [1.807, 2.05) is 6.92 Å². The first-order chi connectivity index (χ1) is 9.38. The topological polar surface area (TPSA) is 55.8 Å². The van der Waals surface area contributed by atoms with Crippen LogP contribution in [0, 0.1) is 17.6 Å². The highest BCUT2D eigenvalue weighted by Crippen LogP contribution is 2.44. The normalized spacial score (nSPS) is 29.4. The number of esters is 1. The van der Waals surface area contributed by atoms with E-state index in [2.05, 4.69) is 4.74 Å². The molecule has 1 N–H and O–H groups in total. The average molecular weight is 286 g/mol. The van der Waals surface area contributed by atoms with Gasteiger partial charge in [0.15, 0.2) is 17.7 Å². The zero-order chi connectivity index (χ0) is 15.0. The Morgan fingerprint density at radius 2 is 2.00 bits per heavy atom. The standard InChI is InChI=1S/C14H16F2O4/c1-6-7(2)20-13(14(18)19-3)10(6)8-4-5-9(15)11(16)12(8)17/h4-7,10,13,17H,1-3H3/t6-,7-,10+,13+/m1/s1. The first-order valence-corrected chi connectivity index (χ1v) is 6.28. The lowest BCUT2D eigenvalue weighted by atomic mass is 9.82. The summed E-state index contributed by atoms with van der Waals surface area (Å²) in [6.07, 6.45) is -1.21. The molecule has 1 aliphatic heterocycles. The lowest BCUT2D eigenvalue weighted by Gasteiger charge is -2.21. The first-order valence-electron chi connectivity index (χ1n) is 6.28. The maximum Gasteiger partial charge on any atom is 0.335 e. The molecule has 1 aromatic rings. The van der Waals surface area contributed by atoms with Gasteiger partial charge in [0.25, 0.3) is 0 Å². The van der Waals surface area contributed by atoms with Crippen LogP contribution in [0.25, 0.3) is 0 Å². The van der Waals surface area contributed by atoms with Crippen LogP contribution in [0.3, 0.4) is 0 Å². The Kier molecular flexibility index (Phi) is 3.94. The molecule has 2 rings (SSSR count). The predicted octanol–water partition coefficient (Wildman–Crippen LogP) is 2.35. The zero-order valence-corrected chi connectivity index (χ0v) is 11.4. The molecule has 0 bridgehead atoms. The van der Waals surface area contributed by atoms with Gasteiger partial charge in [-0.3, -0.25) is 0 Å². The lowest BCUT2D eigenvalue weighted by Crippen LogP contribution is -2.28. The van der Waals surface area contributed by atoms with Crippen LogP contribution >= 0.6 is 0 Å². The SMILES string of the molecule is COC(=O)[C@H]1O[C@H](C)[C@@H](C)[C@H]1c1ccc(F)c(F)c1O. The molecule has 1 aliphatic rings. The van der Waals surface area contributed by atoms with Gasteiger partial charge in [-0.25, -0.2) is 9.18 Å². The molecule has 0 saturated carbocycles. The van der Waals surface area contributed by atoms with Crippen molar-refractivity contribution < 1.29 is 28.2 Å². The third-order valence-electron chi connectivity index (χ3n) is 3.89. The van der Waals surface area contributed by atoms with E-state index in [9.17, 15) is 18.7 Å². The molecule has 4 atom stereocenters. The largest absolute Gasteiger partial charge is 0.505 e. The molecular formula is C14H16F2O4. The van der Waals surface area contributed by atoms with Crippen molar-refractivity contribution in [2.24, 2.45) is 5.92 Å². The number of carbonyl (C=O) groups is 1. The van der Waals surface area contributed by atoms with Gasteiger partial charge in [0.05, 0.1) is 13.2 Å². The fourth-order valence-electron chi connectivity index (χ4n) is 2.60. The summed E-state index contributed by atoms with van der Waals surface area (Å²) in [6.45, 7) is 3.59. The molecule has 4 nitrogen and oxygen atoms in total. The van der Waals surface area contributed by atoms with E-state index >= 15 is 0 Å². The molecule has 6 heteroatoms. The summed E-state index contributed by atoms with van der Waals surface area (Å²) in [5, 5.41) is 9.79. The molecule has 1 saturated heterocycles. The van der Waals surface area contributed by atoms with E-state index in [0.29, 0.717) is 0 Å². The number of phenolic OH excluding ortho intramolecular Hbond substituents is 1. The Morgan fingerprint density at radius 3 is 2.60 bits per heavy atom. The Bertz CT molecular complexity index is 532. The summed E-state index contributed by atoms with van der Waals surface area (Å²) >= 11 is 0. The van der Waals surface area contributed by atoms with E-state index < -0.39 is 35.4 Å². The number of methoxy groups -OCH3 is 1. The molecule has 110 valence electrons. The van der Waals surface area contributed by atoms with E-state index in [1.165, 1.54) is 13.2 Å². The molecule has 0 aliphatic carbocycles. The molecule has 0 aromatic heterocycles. The summed E-state index contributed by atoms with van der Waals surface area (Å²) in [5.74, 6) is -4.59. The van der Waals surface area contributed by atoms with Crippen molar-refractivity contribution >= 4 is 5.97 Å². The summed E-state index contributed by atoms with van der Waals surface area (Å²) in [4.78, 5) is 11.8. The minimum absolute atomic E-state index is 0.149. The van der Waals surface area contributed by atoms with Crippen LogP contribution < -0.4 is 0 Å². The number of benzene rings is 1. The van der Waals surface area contributed by atoms with Crippen molar-refractivity contribution in [2.45, 2.75) is 32.0 Å². The second-order valence-corrected chi connectivity index (χ2v) is 4.97. The van der Waals surface area contributed by atoms with Crippen molar-refractivity contribution in [3.8, 4) is 5.75 Å². The smallest absolute Gasteiger partial charge is 0.335 e. The van der Waals surface area contributed by atoms with Crippen LogP contribution in [0.15, 0.2) is 12.1 Å². The summed E-state index contributed by atoms with van der Waals surface area (Å²) < 4.78 is 36.8. The molecule has 1 aromatic carbocycles. The van der Waals surface area contributed by atoms with Crippen molar-refractivity contribution in [1.29, 1.82) is 0 Å². The predicted molar refractivity (Wildman–Crippen MR) is 66.3 cm³/mol. The number of aromatic hydroxyl groups is 1. The highest BCUT2D eigenvalue weighted by Gasteiger charge is 2.46. The van der Waals surface area contributed by atoms with Crippen LogP contribution in [0.5, 0.6) is 5.75 Å². The third kappa shape index (κ3) is 2.24. The van der Waals surface area contributed by atoms with Crippen LogP contribution in [-0.4, -0.2) is 30.4 Å². The molecule has 1 fully saturated rings. The fourth-order valence-corrected chi connectivity index (χ4v) is 2.60. The Hall–Kier alpha value is -1.69. The highest BCUT2D eigenvalue weighted by atomic mass is 19.2. The number of ether oxygens (including phenoxy) is 2. The Balaban J connectivity index is 2.48. The van der Waals surface area contributed by atoms with Gasteiger partial charge in [0, 0.05) is 11.5 Å². The first kappa shape index (κ1) is 14.7. The van der Waals surface area contributed by atoms with Gasteiger partial charge < -0.3 is 14.6 Å². The maximum atomic E-state index is 13.5. The fraction of sp³-hybridized carbons (Fsp3) is 0.500. The molecule has 0 radical (unpaired) electrons. The van der Waals surface area contributed by atoms with Crippen molar-refractivity contribution in [2.75, 3.05) is 7.11 Å². The third-order valence-corrected chi connectivity index (χ3v) is 3.89. The van der Waals surface area contributed by atoms with E-state index in [-0.39, 0.29) is 17.6 Å². The molecule has 20 heavy (non-hydrogen) atoms. The van der Waals surface area contributed by atoms with Gasteiger partial charge in [-0.1, -0.05) is 13.0 Å². The van der Waals surface area contributed by atoms with E-state index in [1.54, 1.807) is 6.92 Å². The molecule has 1 heterocycles. The summed E-state index contributed by atoms with van der Waals surface area (Å²) in [7, 11) is 1.22. The number of rotatable bonds is 2. The monoisotopic (exact) mass is 286 g/mol. The molecule has 0 amide bonds. The minimum Gasteiger partial charge on any atom is -0.505 e. The van der Waals surface area contributed by atoms with Crippen LogP contribution in [0.4, 0.5) is 8.78 Å². The van der Waals surface area contributed by atoms with Gasteiger partial charge >= 0.3 is 5.97 Å². The maximum absolute atomic E-state index is 13.5. The Morgan fingerprint density at radius 1 is 1.35 bits per heavy atom. The van der Waals surface area contributed by atoms with Gasteiger partial charge in [0.2, 0.25) is 5.82 Å². The van der Waals surface area contributed by atoms with Gasteiger partial charge in [0.1, 0.15) is 0 Å². The quantitative estimate of drug-likeness (QED) is 0.848. The average Bonchev–Trinajstić information content (AvgIpc) is 2.72. The lowest BCUT2D eigenvalue weighted by molar-refractivity contribution is -0.153. The molecule has 0 unspecified atom stereocenters. The number of phenols is 1. The zero-order valence-electron chi connectivity index (χ0n) is 11.4. The summed E-state index contributed by atoms with van der Waals surface area (Å²) in [6, 6.07) is 2.20. The second-order valence-electron chi connectivity index (χ2n) is 4.97. The van der Waals surface area contributed by atoms with Gasteiger partial charge in [-0.2, -0.15) is 4.39 Å². The van der Waals surface area contributed by atoms with E-state index in [0.717, 1.165) is 6.07 Å². The highest BCUT2D eigenvalue weighted by molar-refractivity contribution is 5.76. The van der Waals surface area contributed by atoms with Crippen molar-refractivity contribution in [1.82, 2.24) is 0 Å². The number of hydrogen-bond donors (Lipinski definition) is 1. The van der Waals surface area contributed by atoms with Gasteiger partial charge in [-0.05, 0) is 18.9 Å². The Labute approximate surface area is 115 Å². The molecule has 0 spiro atoms. The second kappa shape index (κ2) is 5.36. The minimum atomic E-state index is -1.32. The number of halogens is 2.